The van der Waals surface area contributed by atoms with Crippen molar-refractivity contribution in [3.8, 4) is 5.75 Å². The Hall–Kier alpha value is -2.63. The van der Waals surface area contributed by atoms with E-state index in [1.807, 2.05) is 18.2 Å². The van der Waals surface area contributed by atoms with Gasteiger partial charge in [-0.3, -0.25) is 9.97 Å². The van der Waals surface area contributed by atoms with Gasteiger partial charge in [0, 0.05) is 30.6 Å². The Labute approximate surface area is 110 Å². The first-order chi connectivity index (χ1) is 9.29. The zero-order valence-electron chi connectivity index (χ0n) is 10.2. The van der Waals surface area contributed by atoms with E-state index in [0.29, 0.717) is 24.5 Å². The monoisotopic (exact) mass is 258 g/mol. The van der Waals surface area contributed by atoms with Crippen molar-refractivity contribution in [2.75, 3.05) is 6.61 Å². The SMILES string of the molecule is NC(=NO)c1cc(OCCc2ccccn2)ccn1. The fraction of sp³-hybridized carbons (Fsp3) is 0.154. The van der Waals surface area contributed by atoms with E-state index in [-0.39, 0.29) is 5.84 Å². The molecule has 0 bridgehead atoms. The van der Waals surface area contributed by atoms with Crippen molar-refractivity contribution < 1.29 is 9.94 Å². The summed E-state index contributed by atoms with van der Waals surface area (Å²) in [5.74, 6) is 0.572. The maximum atomic E-state index is 8.58. The topological polar surface area (TPSA) is 93.6 Å². The molecule has 6 nitrogen and oxygen atoms in total. The number of nitrogens with two attached hydrogens (primary N) is 1. The van der Waals surface area contributed by atoms with Gasteiger partial charge in [-0.15, -0.1) is 0 Å². The van der Waals surface area contributed by atoms with E-state index in [1.165, 1.54) is 0 Å². The highest BCUT2D eigenvalue weighted by atomic mass is 16.5. The first-order valence-electron chi connectivity index (χ1n) is 5.76. The largest absolute Gasteiger partial charge is 0.493 e. The van der Waals surface area contributed by atoms with Crippen LogP contribution in [0, 0.1) is 0 Å². The van der Waals surface area contributed by atoms with Crippen molar-refractivity contribution >= 4 is 5.84 Å². The predicted molar refractivity (Wildman–Crippen MR) is 70.2 cm³/mol. The lowest BCUT2D eigenvalue weighted by molar-refractivity contribution is 0.317. The maximum absolute atomic E-state index is 8.58. The van der Waals surface area contributed by atoms with Crippen LogP contribution in [0.3, 0.4) is 0 Å². The van der Waals surface area contributed by atoms with Gasteiger partial charge >= 0.3 is 0 Å². The number of amidine groups is 1. The molecule has 2 rings (SSSR count). The Balaban J connectivity index is 1.93. The number of pyridine rings is 2. The Morgan fingerprint density at radius 2 is 2.16 bits per heavy atom. The smallest absolute Gasteiger partial charge is 0.188 e. The number of ether oxygens (including phenoxy) is 1. The highest BCUT2D eigenvalue weighted by molar-refractivity contribution is 5.95. The fourth-order valence-electron chi connectivity index (χ4n) is 1.51. The summed E-state index contributed by atoms with van der Waals surface area (Å²) in [6.07, 6.45) is 4.00. The molecule has 0 unspecified atom stereocenters. The first-order valence-corrected chi connectivity index (χ1v) is 5.76. The molecular formula is C13H14N4O2. The van der Waals surface area contributed by atoms with Gasteiger partial charge in [0.15, 0.2) is 5.84 Å². The van der Waals surface area contributed by atoms with Crippen LogP contribution >= 0.6 is 0 Å². The molecule has 0 aliphatic carbocycles. The van der Waals surface area contributed by atoms with Crippen LogP contribution in [0.25, 0.3) is 0 Å². The van der Waals surface area contributed by atoms with Crippen LogP contribution in [-0.2, 0) is 6.42 Å². The molecule has 0 atom stereocenters. The van der Waals surface area contributed by atoms with Crippen LogP contribution in [0.5, 0.6) is 5.75 Å². The molecule has 0 saturated carbocycles. The molecule has 98 valence electrons. The summed E-state index contributed by atoms with van der Waals surface area (Å²) in [7, 11) is 0. The van der Waals surface area contributed by atoms with E-state index in [4.69, 9.17) is 15.7 Å². The molecule has 2 aromatic rings. The zero-order valence-corrected chi connectivity index (χ0v) is 10.2. The number of oxime groups is 1. The molecule has 0 aromatic carbocycles. The molecule has 0 aliphatic heterocycles. The number of nitrogens with zero attached hydrogens (tertiary/aromatic N) is 3. The maximum Gasteiger partial charge on any atom is 0.188 e. The molecule has 0 radical (unpaired) electrons. The normalized spacial score (nSPS) is 11.3. The lowest BCUT2D eigenvalue weighted by Gasteiger charge is -2.06. The number of hydrogen-bond donors (Lipinski definition) is 2. The average Bonchev–Trinajstić information content (AvgIpc) is 2.48. The van der Waals surface area contributed by atoms with Gasteiger partial charge in [0.05, 0.1) is 6.61 Å². The van der Waals surface area contributed by atoms with Crippen molar-refractivity contribution in [3.63, 3.8) is 0 Å². The molecule has 3 N–H and O–H groups in total. The molecule has 6 heteroatoms. The fourth-order valence-corrected chi connectivity index (χ4v) is 1.51. The lowest BCUT2D eigenvalue weighted by Crippen LogP contribution is -2.15. The molecule has 19 heavy (non-hydrogen) atoms. The van der Waals surface area contributed by atoms with Gasteiger partial charge in [0.2, 0.25) is 0 Å². The van der Waals surface area contributed by atoms with Gasteiger partial charge in [-0.1, -0.05) is 11.2 Å². The van der Waals surface area contributed by atoms with Crippen LogP contribution in [0.2, 0.25) is 0 Å². The third-order valence-electron chi connectivity index (χ3n) is 2.45. The summed E-state index contributed by atoms with van der Waals surface area (Å²) in [6, 6.07) is 9.08. The quantitative estimate of drug-likeness (QED) is 0.363. The van der Waals surface area contributed by atoms with Crippen molar-refractivity contribution in [2.45, 2.75) is 6.42 Å². The summed E-state index contributed by atoms with van der Waals surface area (Å²) in [5, 5.41) is 11.5. The number of rotatable bonds is 5. The van der Waals surface area contributed by atoms with Crippen molar-refractivity contribution in [1.82, 2.24) is 9.97 Å². The Morgan fingerprint density at radius 3 is 2.89 bits per heavy atom. The summed E-state index contributed by atoms with van der Waals surface area (Å²) >= 11 is 0. The summed E-state index contributed by atoms with van der Waals surface area (Å²) in [4.78, 5) is 8.17. The van der Waals surface area contributed by atoms with Crippen molar-refractivity contribution in [2.24, 2.45) is 10.9 Å². The highest BCUT2D eigenvalue weighted by Crippen LogP contribution is 2.11. The van der Waals surface area contributed by atoms with Gasteiger partial charge in [0.25, 0.3) is 0 Å². The minimum absolute atomic E-state index is 0.0461. The third kappa shape index (κ3) is 3.67. The van der Waals surface area contributed by atoms with Crippen LogP contribution in [-0.4, -0.2) is 27.6 Å². The second-order valence-corrected chi connectivity index (χ2v) is 3.78. The minimum atomic E-state index is -0.0461. The third-order valence-corrected chi connectivity index (χ3v) is 2.45. The van der Waals surface area contributed by atoms with Gasteiger partial charge in [-0.25, -0.2) is 0 Å². The van der Waals surface area contributed by atoms with Crippen molar-refractivity contribution in [3.05, 3.63) is 54.1 Å². The van der Waals surface area contributed by atoms with Gasteiger partial charge < -0.3 is 15.7 Å². The Morgan fingerprint density at radius 1 is 1.26 bits per heavy atom. The molecule has 2 aromatic heterocycles. The van der Waals surface area contributed by atoms with Crippen LogP contribution < -0.4 is 10.5 Å². The summed E-state index contributed by atoms with van der Waals surface area (Å²) in [5.41, 5.74) is 6.79. The number of hydrogen-bond acceptors (Lipinski definition) is 5. The lowest BCUT2D eigenvalue weighted by atomic mass is 10.3. The van der Waals surface area contributed by atoms with E-state index in [2.05, 4.69) is 15.1 Å². The van der Waals surface area contributed by atoms with Gasteiger partial charge in [-0.05, 0) is 18.2 Å². The number of aromatic nitrogens is 2. The zero-order chi connectivity index (χ0) is 13.5. The van der Waals surface area contributed by atoms with Crippen molar-refractivity contribution in [1.29, 1.82) is 0 Å². The molecule has 0 amide bonds. The summed E-state index contributed by atoms with van der Waals surface area (Å²) < 4.78 is 5.57. The molecule has 2 heterocycles. The standard InChI is InChI=1S/C13H14N4O2/c14-13(17-18)12-9-11(4-7-16-12)19-8-5-10-3-1-2-6-15-10/h1-4,6-7,9,18H,5,8H2,(H2,14,17). The average molecular weight is 258 g/mol. The van der Waals surface area contributed by atoms with E-state index < -0.39 is 0 Å². The van der Waals surface area contributed by atoms with Gasteiger partial charge in [-0.2, -0.15) is 0 Å². The van der Waals surface area contributed by atoms with E-state index in [9.17, 15) is 0 Å². The Bertz CT molecular complexity index is 558. The van der Waals surface area contributed by atoms with E-state index in [0.717, 1.165) is 5.69 Å². The Kier molecular flexibility index (Phi) is 4.28. The van der Waals surface area contributed by atoms with Crippen LogP contribution in [0.4, 0.5) is 0 Å². The van der Waals surface area contributed by atoms with Crippen LogP contribution in [0.15, 0.2) is 47.9 Å². The first kappa shape index (κ1) is 12.8. The van der Waals surface area contributed by atoms with E-state index in [1.54, 1.807) is 24.5 Å². The second kappa shape index (κ2) is 6.34. The predicted octanol–water partition coefficient (Wildman–Crippen LogP) is 1.19. The van der Waals surface area contributed by atoms with Gasteiger partial charge in [0.1, 0.15) is 11.4 Å². The minimum Gasteiger partial charge on any atom is -0.493 e. The molecule has 0 spiro atoms. The highest BCUT2D eigenvalue weighted by Gasteiger charge is 2.03. The molecule has 0 fully saturated rings. The second-order valence-electron chi connectivity index (χ2n) is 3.78. The van der Waals surface area contributed by atoms with Crippen LogP contribution in [0.1, 0.15) is 11.4 Å². The summed E-state index contributed by atoms with van der Waals surface area (Å²) in [6.45, 7) is 0.497. The molecular weight excluding hydrogens is 244 g/mol. The molecule has 0 saturated heterocycles. The molecule has 0 aliphatic rings. The van der Waals surface area contributed by atoms with E-state index >= 15 is 0 Å².